The molecule has 1 aliphatic rings. The van der Waals surface area contributed by atoms with E-state index in [2.05, 4.69) is 10.2 Å². The van der Waals surface area contributed by atoms with E-state index in [0.717, 1.165) is 38.0 Å². The summed E-state index contributed by atoms with van der Waals surface area (Å²) in [5.41, 5.74) is 1.18. The average molecular weight is 320 g/mol. The zero-order chi connectivity index (χ0) is 16.7. The molecule has 5 nitrogen and oxygen atoms in total. The third kappa shape index (κ3) is 5.84. The second-order valence-electron chi connectivity index (χ2n) is 6.30. The second-order valence-corrected chi connectivity index (χ2v) is 6.30. The first kappa shape index (κ1) is 17.8. The molecule has 2 atom stereocenters. The van der Waals surface area contributed by atoms with Gasteiger partial charge in [0, 0.05) is 12.6 Å². The summed E-state index contributed by atoms with van der Waals surface area (Å²) in [6, 6.07) is 8.24. The van der Waals surface area contributed by atoms with E-state index in [1.807, 2.05) is 31.2 Å². The summed E-state index contributed by atoms with van der Waals surface area (Å²) in [6.07, 6.45) is 3.44. The molecule has 2 N–H and O–H groups in total. The van der Waals surface area contributed by atoms with Crippen LogP contribution in [0.1, 0.15) is 31.7 Å². The van der Waals surface area contributed by atoms with Crippen LogP contribution in [0.25, 0.3) is 0 Å². The van der Waals surface area contributed by atoms with Gasteiger partial charge in [-0.1, -0.05) is 12.1 Å². The summed E-state index contributed by atoms with van der Waals surface area (Å²) in [5.74, 6) is 0.909. The molecular weight excluding hydrogens is 292 g/mol. The third-order valence-corrected chi connectivity index (χ3v) is 4.35. The van der Waals surface area contributed by atoms with E-state index in [1.54, 1.807) is 7.11 Å². The van der Waals surface area contributed by atoms with Gasteiger partial charge in [-0.3, -0.25) is 9.69 Å². The Labute approximate surface area is 138 Å². The molecule has 0 bridgehead atoms. The van der Waals surface area contributed by atoms with Crippen LogP contribution in [-0.2, 0) is 11.2 Å². The van der Waals surface area contributed by atoms with Gasteiger partial charge >= 0.3 is 0 Å². The van der Waals surface area contributed by atoms with Crippen molar-refractivity contribution in [1.82, 2.24) is 10.2 Å². The molecule has 1 fully saturated rings. The Morgan fingerprint density at radius 2 is 2.17 bits per heavy atom. The molecule has 0 saturated carbocycles. The normalized spacial score (nSPS) is 19.5. The number of likely N-dealkylation sites (tertiary alicyclic amines) is 1. The Kier molecular flexibility index (Phi) is 6.86. The van der Waals surface area contributed by atoms with E-state index in [9.17, 15) is 9.90 Å². The lowest BCUT2D eigenvalue weighted by Crippen LogP contribution is -2.41. The third-order valence-electron chi connectivity index (χ3n) is 4.35. The van der Waals surface area contributed by atoms with Gasteiger partial charge in [-0.05, 0) is 56.8 Å². The number of carbonyl (C=O) groups is 1. The lowest BCUT2D eigenvalue weighted by molar-refractivity contribution is -0.122. The monoisotopic (exact) mass is 320 g/mol. The van der Waals surface area contributed by atoms with Crippen LogP contribution in [0.2, 0.25) is 0 Å². The van der Waals surface area contributed by atoms with Crippen LogP contribution in [0.15, 0.2) is 24.3 Å². The Balaban J connectivity index is 1.70. The van der Waals surface area contributed by atoms with Gasteiger partial charge in [0.1, 0.15) is 5.75 Å². The number of hydrogen-bond acceptors (Lipinski definition) is 4. The van der Waals surface area contributed by atoms with Crippen molar-refractivity contribution in [3.05, 3.63) is 29.8 Å². The van der Waals surface area contributed by atoms with Crippen molar-refractivity contribution in [2.45, 2.75) is 44.8 Å². The van der Waals surface area contributed by atoms with E-state index in [1.165, 1.54) is 5.56 Å². The molecule has 1 aromatic carbocycles. The first-order valence-electron chi connectivity index (χ1n) is 8.40. The number of methoxy groups -OCH3 is 1. The molecule has 0 aromatic heterocycles. The molecule has 2 unspecified atom stereocenters. The van der Waals surface area contributed by atoms with Gasteiger partial charge < -0.3 is 15.2 Å². The van der Waals surface area contributed by atoms with Crippen LogP contribution >= 0.6 is 0 Å². The van der Waals surface area contributed by atoms with Crippen molar-refractivity contribution >= 4 is 5.91 Å². The van der Waals surface area contributed by atoms with Gasteiger partial charge in [0.15, 0.2) is 0 Å². The summed E-state index contributed by atoms with van der Waals surface area (Å²) in [4.78, 5) is 14.3. The fourth-order valence-electron chi connectivity index (χ4n) is 3.14. The van der Waals surface area contributed by atoms with E-state index < -0.39 is 0 Å². The fourth-order valence-corrected chi connectivity index (χ4v) is 3.14. The van der Waals surface area contributed by atoms with Gasteiger partial charge in [-0.25, -0.2) is 0 Å². The molecule has 1 saturated heterocycles. The second kappa shape index (κ2) is 8.89. The van der Waals surface area contributed by atoms with Crippen LogP contribution in [-0.4, -0.2) is 54.8 Å². The number of aliphatic hydroxyl groups is 1. The molecule has 2 rings (SSSR count). The van der Waals surface area contributed by atoms with Crippen molar-refractivity contribution in [3.63, 3.8) is 0 Å². The number of rotatable bonds is 8. The number of nitrogens with zero attached hydrogens (tertiary/aromatic N) is 1. The van der Waals surface area contributed by atoms with Crippen molar-refractivity contribution < 1.29 is 14.6 Å². The first-order chi connectivity index (χ1) is 11.1. The lowest BCUT2D eigenvalue weighted by atomic mass is 10.1. The largest absolute Gasteiger partial charge is 0.497 e. The molecule has 1 heterocycles. The molecule has 1 aliphatic heterocycles. The first-order valence-corrected chi connectivity index (χ1v) is 8.40. The van der Waals surface area contributed by atoms with Gasteiger partial charge in [0.05, 0.1) is 19.8 Å². The number of aliphatic hydroxyl groups excluding tert-OH is 1. The zero-order valence-corrected chi connectivity index (χ0v) is 14.1. The summed E-state index contributed by atoms with van der Waals surface area (Å²) >= 11 is 0. The predicted octanol–water partition coefficient (Wildman–Crippen LogP) is 1.59. The maximum Gasteiger partial charge on any atom is 0.234 e. The average Bonchev–Trinajstić information content (AvgIpc) is 2.94. The molecule has 0 spiro atoms. The molecule has 128 valence electrons. The lowest BCUT2D eigenvalue weighted by Gasteiger charge is -2.24. The van der Waals surface area contributed by atoms with Crippen LogP contribution in [0.3, 0.4) is 0 Å². The smallest absolute Gasteiger partial charge is 0.234 e. The molecular formula is C18H28N2O3. The van der Waals surface area contributed by atoms with Crippen LogP contribution in [0, 0.1) is 0 Å². The Bertz CT molecular complexity index is 488. The summed E-state index contributed by atoms with van der Waals surface area (Å²) in [6.45, 7) is 3.83. The van der Waals surface area contributed by atoms with Gasteiger partial charge in [-0.2, -0.15) is 0 Å². The van der Waals surface area contributed by atoms with E-state index >= 15 is 0 Å². The highest BCUT2D eigenvalue weighted by Crippen LogP contribution is 2.20. The number of hydrogen-bond donors (Lipinski definition) is 2. The SMILES string of the molecule is COc1ccc(CCNC(=O)CN2CCCC2CC(C)O)cc1. The molecule has 23 heavy (non-hydrogen) atoms. The highest BCUT2D eigenvalue weighted by Gasteiger charge is 2.26. The topological polar surface area (TPSA) is 61.8 Å². The summed E-state index contributed by atoms with van der Waals surface area (Å²) < 4.78 is 5.13. The summed E-state index contributed by atoms with van der Waals surface area (Å²) in [5, 5.41) is 12.5. The molecule has 5 heteroatoms. The van der Waals surface area contributed by atoms with Crippen molar-refractivity contribution in [1.29, 1.82) is 0 Å². The molecule has 1 amide bonds. The predicted molar refractivity (Wildman–Crippen MR) is 90.6 cm³/mol. The van der Waals surface area contributed by atoms with E-state index in [0.29, 0.717) is 19.1 Å². The minimum Gasteiger partial charge on any atom is -0.497 e. The maximum absolute atomic E-state index is 12.1. The Hall–Kier alpha value is -1.59. The highest BCUT2D eigenvalue weighted by atomic mass is 16.5. The minimum absolute atomic E-state index is 0.0657. The molecule has 0 radical (unpaired) electrons. The van der Waals surface area contributed by atoms with Crippen LogP contribution < -0.4 is 10.1 Å². The number of benzene rings is 1. The quantitative estimate of drug-likeness (QED) is 0.763. The van der Waals surface area contributed by atoms with E-state index in [4.69, 9.17) is 4.74 Å². The minimum atomic E-state index is -0.307. The summed E-state index contributed by atoms with van der Waals surface area (Å²) in [7, 11) is 1.65. The van der Waals surface area contributed by atoms with Crippen molar-refractivity contribution in [2.75, 3.05) is 26.7 Å². The maximum atomic E-state index is 12.1. The number of nitrogens with one attached hydrogen (secondary N) is 1. The Morgan fingerprint density at radius 1 is 1.43 bits per heavy atom. The van der Waals surface area contributed by atoms with Crippen molar-refractivity contribution in [3.8, 4) is 5.75 Å². The van der Waals surface area contributed by atoms with E-state index in [-0.39, 0.29) is 12.0 Å². The van der Waals surface area contributed by atoms with Crippen molar-refractivity contribution in [2.24, 2.45) is 0 Å². The zero-order valence-electron chi connectivity index (χ0n) is 14.1. The van der Waals surface area contributed by atoms with Crippen LogP contribution in [0.4, 0.5) is 0 Å². The molecule has 0 aliphatic carbocycles. The Morgan fingerprint density at radius 3 is 2.83 bits per heavy atom. The fraction of sp³-hybridized carbons (Fsp3) is 0.611. The van der Waals surface area contributed by atoms with Gasteiger partial charge in [-0.15, -0.1) is 0 Å². The number of ether oxygens (including phenoxy) is 1. The number of carbonyl (C=O) groups excluding carboxylic acids is 1. The highest BCUT2D eigenvalue weighted by molar-refractivity contribution is 5.78. The standard InChI is InChI=1S/C18H28N2O3/c1-14(21)12-16-4-3-11-20(16)13-18(22)19-10-9-15-5-7-17(23-2)8-6-15/h5-8,14,16,21H,3-4,9-13H2,1-2H3,(H,19,22). The number of amides is 1. The van der Waals surface area contributed by atoms with Crippen LogP contribution in [0.5, 0.6) is 5.75 Å². The van der Waals surface area contributed by atoms with Gasteiger partial charge in [0.25, 0.3) is 0 Å². The molecule has 1 aromatic rings. The van der Waals surface area contributed by atoms with Gasteiger partial charge in [0.2, 0.25) is 5.91 Å².